The van der Waals surface area contributed by atoms with E-state index in [1.165, 1.54) is 6.20 Å². The molecule has 0 aliphatic heterocycles. The van der Waals surface area contributed by atoms with E-state index in [0.29, 0.717) is 56.7 Å². The van der Waals surface area contributed by atoms with Crippen LogP contribution in [0.4, 0.5) is 11.4 Å². The first kappa shape index (κ1) is 21.8. The molecule has 9 heteroatoms. The van der Waals surface area contributed by atoms with E-state index in [1.54, 1.807) is 24.5 Å². The van der Waals surface area contributed by atoms with Gasteiger partial charge in [-0.25, -0.2) is 4.68 Å². The maximum atomic E-state index is 9.75. The Kier molecular flexibility index (Phi) is 5.71. The van der Waals surface area contributed by atoms with Gasteiger partial charge in [0.15, 0.2) is 0 Å². The zero-order chi connectivity index (χ0) is 25.5. The Hall–Kier alpha value is -3.70. The number of pyridine rings is 2. The molecule has 1 aromatic carbocycles. The number of anilines is 2. The fourth-order valence-corrected chi connectivity index (χ4v) is 4.08. The molecule has 3 heterocycles. The normalized spacial score (nSPS) is 15.8. The van der Waals surface area contributed by atoms with Gasteiger partial charge in [0.05, 0.1) is 41.4 Å². The summed E-state index contributed by atoms with van der Waals surface area (Å²) in [4.78, 5) is 8.66. The molecule has 8 nitrogen and oxygen atoms in total. The fourth-order valence-electron chi connectivity index (χ4n) is 3.81. The lowest BCUT2D eigenvalue weighted by atomic mass is 9.96. The van der Waals surface area contributed by atoms with E-state index < -0.39 is 6.02 Å². The van der Waals surface area contributed by atoms with Crippen molar-refractivity contribution in [2.45, 2.75) is 45.7 Å². The van der Waals surface area contributed by atoms with Crippen LogP contribution in [0.5, 0.6) is 0 Å². The van der Waals surface area contributed by atoms with Crippen molar-refractivity contribution in [3.8, 4) is 6.07 Å². The van der Waals surface area contributed by atoms with Gasteiger partial charge in [0.25, 0.3) is 0 Å². The molecule has 0 saturated heterocycles. The molecule has 35 heavy (non-hydrogen) atoms. The van der Waals surface area contributed by atoms with Crippen molar-refractivity contribution < 1.29 is 1.37 Å². The van der Waals surface area contributed by atoms with Crippen molar-refractivity contribution in [1.29, 1.82) is 5.26 Å². The largest absolute Gasteiger partial charge is 0.383 e. The molecule has 1 fully saturated rings. The summed E-state index contributed by atoms with van der Waals surface area (Å²) in [7, 11) is 0. The molecule has 178 valence electrons. The van der Waals surface area contributed by atoms with Gasteiger partial charge in [0.2, 0.25) is 0 Å². The highest BCUT2D eigenvalue weighted by molar-refractivity contribution is 6.35. The van der Waals surface area contributed by atoms with Crippen molar-refractivity contribution in [3.05, 3.63) is 70.9 Å². The predicted molar refractivity (Wildman–Crippen MR) is 137 cm³/mol. The highest BCUT2D eigenvalue weighted by atomic mass is 35.5. The van der Waals surface area contributed by atoms with Gasteiger partial charge in [-0.2, -0.15) is 5.26 Å². The Labute approximate surface area is 210 Å². The molecule has 3 aromatic heterocycles. The van der Waals surface area contributed by atoms with Crippen LogP contribution in [0.15, 0.2) is 49.1 Å². The van der Waals surface area contributed by atoms with Crippen LogP contribution in [0.1, 0.15) is 63.9 Å². The second-order valence-electron chi connectivity index (χ2n) is 9.98. The summed E-state index contributed by atoms with van der Waals surface area (Å²) in [6.07, 6.45) is 8.79. The van der Waals surface area contributed by atoms with E-state index in [-0.39, 0.29) is 5.41 Å². The molecular formula is C26H27ClN8. The molecule has 5 rings (SSSR count). The van der Waals surface area contributed by atoms with Crippen LogP contribution in [0.2, 0.25) is 5.02 Å². The molecule has 1 atom stereocenters. The lowest BCUT2D eigenvalue weighted by Gasteiger charge is -2.22. The first-order valence-corrected chi connectivity index (χ1v) is 11.9. The lowest BCUT2D eigenvalue weighted by Crippen LogP contribution is -2.20. The van der Waals surface area contributed by atoms with Crippen LogP contribution in [0.25, 0.3) is 10.9 Å². The molecule has 1 saturated carbocycles. The van der Waals surface area contributed by atoms with Crippen LogP contribution in [-0.2, 0) is 0 Å². The Bertz CT molecular complexity index is 1450. The van der Waals surface area contributed by atoms with E-state index in [2.05, 4.69) is 57.8 Å². The van der Waals surface area contributed by atoms with Crippen molar-refractivity contribution >= 4 is 33.9 Å². The van der Waals surface area contributed by atoms with E-state index in [4.69, 9.17) is 11.6 Å². The first-order valence-electron chi connectivity index (χ1n) is 12.1. The zero-order valence-electron chi connectivity index (χ0n) is 20.9. The molecular weight excluding hydrogens is 460 g/mol. The van der Waals surface area contributed by atoms with Gasteiger partial charge < -0.3 is 10.6 Å². The number of aromatic nitrogens is 5. The fraction of sp³-hybridized carbons (Fsp3) is 0.346. The smallest absolute Gasteiger partial charge is 0.110 e. The maximum Gasteiger partial charge on any atom is 0.110 e. The summed E-state index contributed by atoms with van der Waals surface area (Å²) in [6.45, 7) is 7.00. The molecule has 0 bridgehead atoms. The van der Waals surface area contributed by atoms with E-state index in [1.807, 2.05) is 23.0 Å². The van der Waals surface area contributed by atoms with Crippen LogP contribution in [0, 0.1) is 16.7 Å². The van der Waals surface area contributed by atoms with Crippen LogP contribution >= 0.6 is 11.6 Å². The molecule has 1 aliphatic rings. The van der Waals surface area contributed by atoms with Crippen LogP contribution in [0.3, 0.4) is 0 Å². The highest BCUT2D eigenvalue weighted by Gasteiger charge is 2.27. The topological polar surface area (TPSA) is 104 Å². The molecule has 4 aromatic rings. The SMILES string of the molecule is [2H][C@@](Nc1cc(Cl)c2ncc(C#N)c(NCC(C)(C)C)c2c1)(c1cccnc1)c1cn(C2CC2)nn1. The van der Waals surface area contributed by atoms with Gasteiger partial charge in [0, 0.05) is 36.2 Å². The number of hydrogen-bond donors (Lipinski definition) is 2. The first-order chi connectivity index (χ1) is 17.2. The van der Waals surface area contributed by atoms with E-state index >= 15 is 0 Å². The number of nitrogens with one attached hydrogen (secondary N) is 2. The Morgan fingerprint density at radius 1 is 1.31 bits per heavy atom. The summed E-state index contributed by atoms with van der Waals surface area (Å²) in [5.41, 5.74) is 3.31. The molecule has 1 aliphatic carbocycles. The van der Waals surface area contributed by atoms with Crippen molar-refractivity contribution in [2.75, 3.05) is 17.2 Å². The second-order valence-corrected chi connectivity index (χ2v) is 10.4. The van der Waals surface area contributed by atoms with Crippen LogP contribution in [-0.4, -0.2) is 31.5 Å². The number of nitrogens with zero attached hydrogens (tertiary/aromatic N) is 6. The van der Waals surface area contributed by atoms with E-state index in [0.717, 1.165) is 12.8 Å². The minimum Gasteiger partial charge on any atom is -0.383 e. The van der Waals surface area contributed by atoms with Gasteiger partial charge in [0.1, 0.15) is 11.8 Å². The monoisotopic (exact) mass is 487 g/mol. The van der Waals surface area contributed by atoms with Crippen molar-refractivity contribution in [1.82, 2.24) is 25.0 Å². The summed E-state index contributed by atoms with van der Waals surface area (Å²) in [5, 5.41) is 26.2. The van der Waals surface area contributed by atoms with Gasteiger partial charge >= 0.3 is 0 Å². The summed E-state index contributed by atoms with van der Waals surface area (Å²) >= 11 is 6.68. The van der Waals surface area contributed by atoms with Gasteiger partial charge in [-0.1, -0.05) is 43.7 Å². The molecule has 0 spiro atoms. The number of rotatable bonds is 7. The average Bonchev–Trinajstić information content (AvgIpc) is 3.58. The average molecular weight is 488 g/mol. The summed E-state index contributed by atoms with van der Waals surface area (Å²) < 4.78 is 11.3. The second kappa shape index (κ2) is 9.16. The van der Waals surface area contributed by atoms with Gasteiger partial charge in [-0.3, -0.25) is 9.97 Å². The van der Waals surface area contributed by atoms with Crippen molar-refractivity contribution in [2.24, 2.45) is 5.41 Å². The lowest BCUT2D eigenvalue weighted by molar-refractivity contribution is 0.443. The third-order valence-corrected chi connectivity index (χ3v) is 6.04. The number of hydrogen-bond acceptors (Lipinski definition) is 7. The molecule has 0 unspecified atom stereocenters. The van der Waals surface area contributed by atoms with Gasteiger partial charge in [-0.05, 0) is 42.0 Å². The third kappa shape index (κ3) is 5.05. The Balaban J connectivity index is 1.61. The highest BCUT2D eigenvalue weighted by Crippen LogP contribution is 2.37. The summed E-state index contributed by atoms with van der Waals surface area (Å²) in [5.74, 6) is 0. The molecule has 0 amide bonds. The minimum atomic E-state index is -1.47. The number of halogens is 1. The van der Waals surface area contributed by atoms with Gasteiger partial charge in [-0.15, -0.1) is 5.10 Å². The minimum absolute atomic E-state index is 0.00794. The molecule has 0 radical (unpaired) electrons. The van der Waals surface area contributed by atoms with Crippen LogP contribution < -0.4 is 10.6 Å². The number of nitriles is 1. The van der Waals surface area contributed by atoms with E-state index in [9.17, 15) is 6.63 Å². The number of benzene rings is 1. The predicted octanol–water partition coefficient (Wildman–Crippen LogP) is 5.74. The Morgan fingerprint density at radius 2 is 2.14 bits per heavy atom. The Morgan fingerprint density at radius 3 is 2.83 bits per heavy atom. The third-order valence-electron chi connectivity index (χ3n) is 5.75. The summed E-state index contributed by atoms with van der Waals surface area (Å²) in [6, 6.07) is 8.31. The maximum absolute atomic E-state index is 9.75. The zero-order valence-corrected chi connectivity index (χ0v) is 20.6. The standard InChI is InChI=1S/C26H27ClN8/c1-26(2,3)15-31-23-17(11-28)13-30-25-20(23)9-18(10-21(25)27)32-24(16-5-4-8-29-12-16)22-14-35(34-33-22)19-6-7-19/h4-5,8-10,12-14,19,24,32H,6-7,15H2,1-3H3,(H,30,31)/t24-/m1/s1/i24D. The number of fused-ring (bicyclic) bond motifs is 1. The quantitative estimate of drug-likeness (QED) is 0.342. The molecule has 2 N–H and O–H groups in total. The van der Waals surface area contributed by atoms with Crippen molar-refractivity contribution in [3.63, 3.8) is 0 Å².